The molecular weight excluding hydrogens is 724 g/mol. The predicted molar refractivity (Wildman–Crippen MR) is 206 cm³/mol. The number of phenols is 1. The first kappa shape index (κ1) is 38.8. The highest BCUT2D eigenvalue weighted by molar-refractivity contribution is 6.03. The molecule has 7 rings (SSSR count). The molecule has 0 spiro atoms. The van der Waals surface area contributed by atoms with E-state index in [0.717, 1.165) is 12.8 Å². The number of ether oxygens (including phenoxy) is 2. The number of fused-ring (bicyclic) bond motifs is 2. The number of hydrogen-bond acceptors (Lipinski definition) is 10. The smallest absolute Gasteiger partial charge is 0.319 e. The summed E-state index contributed by atoms with van der Waals surface area (Å²) in [6.45, 7) is 8.92. The van der Waals surface area contributed by atoms with Crippen molar-refractivity contribution >= 4 is 33.4 Å². The summed E-state index contributed by atoms with van der Waals surface area (Å²) in [7, 11) is 0. The van der Waals surface area contributed by atoms with Gasteiger partial charge in [0.25, 0.3) is 0 Å². The quantitative estimate of drug-likeness (QED) is 0.146. The summed E-state index contributed by atoms with van der Waals surface area (Å²) in [5.41, 5.74) is -2.67. The lowest BCUT2D eigenvalue weighted by Gasteiger charge is -2.49. The number of rotatable bonds is 9. The van der Waals surface area contributed by atoms with E-state index in [1.807, 2.05) is 9.80 Å². The molecule has 11 nitrogen and oxygen atoms in total. The number of halogens is 3. The van der Waals surface area contributed by atoms with Gasteiger partial charge in [-0.25, -0.2) is 13.2 Å². The number of nitriles is 1. The number of anilines is 1. The molecule has 2 N–H and O–H groups in total. The second-order valence-electron chi connectivity index (χ2n) is 15.4. The number of likely N-dealkylation sites (tertiary alicyclic amines) is 1. The van der Waals surface area contributed by atoms with Crippen LogP contribution in [0.5, 0.6) is 11.8 Å². The minimum absolute atomic E-state index is 0.0310. The van der Waals surface area contributed by atoms with Crippen LogP contribution in [0.2, 0.25) is 0 Å². The lowest BCUT2D eigenvalue weighted by atomic mass is 9.71. The van der Waals surface area contributed by atoms with E-state index in [2.05, 4.69) is 33.9 Å². The van der Waals surface area contributed by atoms with Gasteiger partial charge < -0.3 is 24.8 Å². The number of nitrogens with one attached hydrogen (secondary N) is 1. The molecule has 0 bridgehead atoms. The Morgan fingerprint density at radius 1 is 1.21 bits per heavy atom. The fraction of sp³-hybridized carbons (Fsp3) is 0.452. The summed E-state index contributed by atoms with van der Waals surface area (Å²) in [6, 6.07) is 7.16. The number of amides is 1. The van der Waals surface area contributed by atoms with Crippen molar-refractivity contribution in [1.82, 2.24) is 25.2 Å². The summed E-state index contributed by atoms with van der Waals surface area (Å²) >= 11 is 0. The lowest BCUT2D eigenvalue weighted by Crippen LogP contribution is -2.61. The first-order valence-corrected chi connectivity index (χ1v) is 18.9. The Hall–Kier alpha value is -5.44. The fourth-order valence-electron chi connectivity index (χ4n) is 8.64. The second kappa shape index (κ2) is 15.6. The molecule has 1 amide bonds. The number of aromatic nitrogens is 3. The van der Waals surface area contributed by atoms with Gasteiger partial charge in [-0.05, 0) is 75.6 Å². The van der Waals surface area contributed by atoms with Crippen LogP contribution in [0, 0.1) is 40.7 Å². The molecule has 0 aliphatic carbocycles. The van der Waals surface area contributed by atoms with E-state index in [0.29, 0.717) is 56.8 Å². The minimum atomic E-state index is -1.22. The summed E-state index contributed by atoms with van der Waals surface area (Å²) in [4.78, 5) is 30.2. The van der Waals surface area contributed by atoms with Crippen LogP contribution in [0.25, 0.3) is 32.9 Å². The van der Waals surface area contributed by atoms with Crippen molar-refractivity contribution in [3.05, 3.63) is 60.3 Å². The zero-order valence-electron chi connectivity index (χ0n) is 31.5. The van der Waals surface area contributed by atoms with Crippen LogP contribution in [0.1, 0.15) is 57.9 Å². The number of benzene rings is 2. The standard InChI is InChI=1S/C42H44F3N7O4/c1-5-30-33(44)11-10-25-17-29(53)18-31(35(25)30)37-36(45)38-32(20-47-37)39(51-14-8-7-9-27(22-51)48-34(54)6-2)50-40(49-38)56-24-42(41(3,4)23-46)19-26(43)21-52(42)28-12-15-55-16-13-28/h1,6,10-11,17-18,20,26-28,53H,2,7-9,12-16,19,21-22,24H2,3-4H3,(H,48,54)/t26-,27?,42+/m1/s1. The number of carbonyl (C=O) groups excluding carboxylic acids is 1. The lowest BCUT2D eigenvalue weighted by molar-refractivity contribution is -0.117. The second-order valence-corrected chi connectivity index (χ2v) is 15.4. The van der Waals surface area contributed by atoms with Crippen LogP contribution in [-0.4, -0.2) is 94.1 Å². The van der Waals surface area contributed by atoms with Gasteiger partial charge in [0.1, 0.15) is 41.4 Å². The van der Waals surface area contributed by atoms with Gasteiger partial charge in [0.2, 0.25) is 5.91 Å². The van der Waals surface area contributed by atoms with Gasteiger partial charge in [0.05, 0.1) is 28.0 Å². The van der Waals surface area contributed by atoms with Gasteiger partial charge in [-0.15, -0.1) is 6.42 Å². The molecule has 2 aromatic carbocycles. The number of hydrogen-bond donors (Lipinski definition) is 2. The first-order chi connectivity index (χ1) is 26.9. The third-order valence-corrected chi connectivity index (χ3v) is 11.6. The maximum Gasteiger partial charge on any atom is 0.319 e. The normalized spacial score (nSPS) is 22.4. The average molecular weight is 768 g/mol. The molecule has 3 fully saturated rings. The van der Waals surface area contributed by atoms with E-state index in [-0.39, 0.29) is 82.4 Å². The highest BCUT2D eigenvalue weighted by Crippen LogP contribution is 2.47. The molecule has 14 heteroatoms. The van der Waals surface area contributed by atoms with E-state index in [4.69, 9.17) is 20.9 Å². The average Bonchev–Trinajstić information content (AvgIpc) is 3.38. The highest BCUT2D eigenvalue weighted by Gasteiger charge is 2.58. The van der Waals surface area contributed by atoms with Crippen molar-refractivity contribution in [3.63, 3.8) is 0 Å². The van der Waals surface area contributed by atoms with E-state index >= 15 is 13.2 Å². The third-order valence-electron chi connectivity index (χ3n) is 11.6. The van der Waals surface area contributed by atoms with Crippen LogP contribution in [0.3, 0.4) is 0 Å². The molecule has 5 heterocycles. The van der Waals surface area contributed by atoms with Gasteiger partial charge in [0, 0.05) is 68.5 Å². The number of carbonyl (C=O) groups is 1. The Morgan fingerprint density at radius 3 is 2.73 bits per heavy atom. The molecule has 0 saturated carbocycles. The molecule has 2 aromatic heterocycles. The molecular formula is C42H44F3N7O4. The molecule has 3 atom stereocenters. The number of aromatic hydroxyl groups is 1. The van der Waals surface area contributed by atoms with Gasteiger partial charge in [-0.3, -0.25) is 14.7 Å². The molecule has 4 aromatic rings. The van der Waals surface area contributed by atoms with Gasteiger partial charge in [-0.2, -0.15) is 15.2 Å². The summed E-state index contributed by atoms with van der Waals surface area (Å²) in [6.07, 6.45) is 10.7. The molecule has 56 heavy (non-hydrogen) atoms. The van der Waals surface area contributed by atoms with Crippen molar-refractivity contribution in [1.29, 1.82) is 5.26 Å². The Morgan fingerprint density at radius 2 is 2.00 bits per heavy atom. The Bertz CT molecular complexity index is 2270. The maximum atomic E-state index is 17.2. The Labute approximate surface area is 323 Å². The van der Waals surface area contributed by atoms with Crippen LogP contribution in [0.4, 0.5) is 19.0 Å². The van der Waals surface area contributed by atoms with E-state index < -0.39 is 28.8 Å². The largest absolute Gasteiger partial charge is 0.508 e. The summed E-state index contributed by atoms with van der Waals surface area (Å²) in [5, 5.41) is 24.9. The molecule has 3 saturated heterocycles. The number of nitrogens with zero attached hydrogens (tertiary/aromatic N) is 6. The number of pyridine rings is 1. The molecule has 0 radical (unpaired) electrons. The minimum Gasteiger partial charge on any atom is -0.508 e. The van der Waals surface area contributed by atoms with Crippen LogP contribution in [0.15, 0.2) is 43.1 Å². The van der Waals surface area contributed by atoms with E-state index in [9.17, 15) is 15.2 Å². The Balaban J connectivity index is 1.38. The third kappa shape index (κ3) is 7.08. The van der Waals surface area contributed by atoms with Crippen LogP contribution < -0.4 is 15.0 Å². The monoisotopic (exact) mass is 767 g/mol. The van der Waals surface area contributed by atoms with Crippen molar-refractivity contribution < 1.29 is 32.5 Å². The van der Waals surface area contributed by atoms with Gasteiger partial charge in [-0.1, -0.05) is 18.6 Å². The molecule has 292 valence electrons. The number of alkyl halides is 1. The summed E-state index contributed by atoms with van der Waals surface area (Å²) in [5.74, 6) is 0.513. The van der Waals surface area contributed by atoms with Crippen molar-refractivity contribution in [2.24, 2.45) is 5.41 Å². The van der Waals surface area contributed by atoms with Crippen molar-refractivity contribution in [2.75, 3.05) is 44.4 Å². The number of phenolic OH excluding ortho intramolecular Hbond substituents is 1. The zero-order valence-corrected chi connectivity index (χ0v) is 31.5. The van der Waals surface area contributed by atoms with Crippen molar-refractivity contribution in [2.45, 2.75) is 76.2 Å². The maximum absolute atomic E-state index is 17.2. The zero-order chi connectivity index (χ0) is 39.8. The first-order valence-electron chi connectivity index (χ1n) is 18.9. The summed E-state index contributed by atoms with van der Waals surface area (Å²) < 4.78 is 59.9. The molecule has 3 aliphatic rings. The molecule has 1 unspecified atom stereocenters. The highest BCUT2D eigenvalue weighted by atomic mass is 19.1. The SMILES string of the molecule is C#Cc1c(F)ccc2cc(O)cc(-c3ncc4c(N5CCCCC(NC(=O)C=C)C5)nc(OC[C@]5(C(C)(C)C#N)C[C@@H](F)CN5C5CCOCC5)nc4c3F)c12. The topological polar surface area (TPSA) is 137 Å². The predicted octanol–water partition coefficient (Wildman–Crippen LogP) is 6.36. The van der Waals surface area contributed by atoms with Gasteiger partial charge in [0.15, 0.2) is 5.82 Å². The fourth-order valence-corrected chi connectivity index (χ4v) is 8.64. The van der Waals surface area contributed by atoms with E-state index in [1.165, 1.54) is 36.5 Å². The Kier molecular flexibility index (Phi) is 10.8. The number of terminal acetylenes is 1. The molecule has 3 aliphatic heterocycles. The van der Waals surface area contributed by atoms with Gasteiger partial charge >= 0.3 is 6.01 Å². The van der Waals surface area contributed by atoms with Crippen LogP contribution in [-0.2, 0) is 9.53 Å². The van der Waals surface area contributed by atoms with Crippen molar-refractivity contribution in [3.8, 4) is 41.4 Å². The van der Waals surface area contributed by atoms with Crippen LogP contribution >= 0.6 is 0 Å². The van der Waals surface area contributed by atoms with E-state index in [1.54, 1.807) is 13.8 Å².